The number of nitrogens with zero attached hydrogens (tertiary/aromatic N) is 4. The Hall–Kier alpha value is -3.29. The monoisotopic (exact) mass is 377 g/mol. The molecule has 3 heterocycles. The van der Waals surface area contributed by atoms with Gasteiger partial charge in [0.2, 0.25) is 17.7 Å². The molecule has 0 radical (unpaired) electrons. The van der Waals surface area contributed by atoms with Gasteiger partial charge in [-0.3, -0.25) is 14.6 Å². The lowest BCUT2D eigenvalue weighted by Crippen LogP contribution is -2.33. The van der Waals surface area contributed by atoms with Gasteiger partial charge in [0.1, 0.15) is 5.69 Å². The van der Waals surface area contributed by atoms with Crippen LogP contribution < -0.4 is 5.32 Å². The van der Waals surface area contributed by atoms with Crippen molar-refractivity contribution in [1.29, 1.82) is 0 Å². The van der Waals surface area contributed by atoms with Gasteiger partial charge < -0.3 is 14.6 Å². The molecule has 142 valence electrons. The summed E-state index contributed by atoms with van der Waals surface area (Å²) < 4.78 is 5.70. The van der Waals surface area contributed by atoms with Gasteiger partial charge in [0.15, 0.2) is 0 Å². The molecule has 8 nitrogen and oxygen atoms in total. The van der Waals surface area contributed by atoms with E-state index < -0.39 is 0 Å². The van der Waals surface area contributed by atoms with E-state index in [1.54, 1.807) is 6.20 Å². The summed E-state index contributed by atoms with van der Waals surface area (Å²) in [6.07, 6.45) is 4.07. The Balaban J connectivity index is 1.26. The highest BCUT2D eigenvalue weighted by atomic mass is 16.4. The zero-order chi connectivity index (χ0) is 19.1. The predicted molar refractivity (Wildman–Crippen MR) is 99.7 cm³/mol. The van der Waals surface area contributed by atoms with Crippen molar-refractivity contribution in [3.05, 3.63) is 42.4 Å². The highest BCUT2D eigenvalue weighted by Gasteiger charge is 2.41. The first-order valence-electron chi connectivity index (χ1n) is 9.43. The number of amides is 2. The second-order valence-corrected chi connectivity index (χ2v) is 7.28. The minimum atomic E-state index is -0.310. The summed E-state index contributed by atoms with van der Waals surface area (Å²) in [4.78, 5) is 30.6. The molecule has 0 bridgehead atoms. The number of aromatic nitrogens is 3. The van der Waals surface area contributed by atoms with Crippen molar-refractivity contribution < 1.29 is 14.0 Å². The smallest absolute Gasteiger partial charge is 0.266 e. The number of hydrogen-bond donors (Lipinski definition) is 1. The van der Waals surface area contributed by atoms with Gasteiger partial charge >= 0.3 is 0 Å². The van der Waals surface area contributed by atoms with Gasteiger partial charge in [0, 0.05) is 30.6 Å². The standard InChI is InChI=1S/C20H19N5O3/c26-17-9-13(11-25(17)14-5-6-14)19(27)22-10-16-23-24-20(28-16)18-15-4-2-1-3-12(15)7-8-21-18/h1-4,7-8,13-14H,5-6,9-11H2,(H,22,27). The molecule has 3 aromatic rings. The molecule has 1 aromatic carbocycles. The highest BCUT2D eigenvalue weighted by molar-refractivity contribution is 5.92. The van der Waals surface area contributed by atoms with E-state index in [0.717, 1.165) is 23.6 Å². The fraction of sp³-hybridized carbons (Fsp3) is 0.350. The van der Waals surface area contributed by atoms with Crippen LogP contribution in [0, 0.1) is 5.92 Å². The number of fused-ring (bicyclic) bond motifs is 1. The Bertz CT molecular complexity index is 1050. The van der Waals surface area contributed by atoms with Crippen LogP contribution in [0.4, 0.5) is 0 Å². The summed E-state index contributed by atoms with van der Waals surface area (Å²) in [7, 11) is 0. The number of rotatable bonds is 5. The van der Waals surface area contributed by atoms with Crippen LogP contribution in [0.2, 0.25) is 0 Å². The average molecular weight is 377 g/mol. The molecule has 1 saturated heterocycles. The van der Waals surface area contributed by atoms with Crippen LogP contribution in [0.25, 0.3) is 22.4 Å². The van der Waals surface area contributed by atoms with Crippen LogP contribution in [-0.4, -0.2) is 44.5 Å². The molecule has 2 amide bonds. The Morgan fingerprint density at radius 3 is 2.93 bits per heavy atom. The number of hydrogen-bond acceptors (Lipinski definition) is 6. The SMILES string of the molecule is O=C(NCc1nnc(-c2nccc3ccccc23)o1)C1CC(=O)N(C2CC2)C1. The number of carbonyl (C=O) groups is 2. The number of pyridine rings is 1. The summed E-state index contributed by atoms with van der Waals surface area (Å²) in [6, 6.07) is 10.1. The van der Waals surface area contributed by atoms with Gasteiger partial charge in [-0.05, 0) is 24.3 Å². The molecule has 5 rings (SSSR count). The Morgan fingerprint density at radius 2 is 2.07 bits per heavy atom. The lowest BCUT2D eigenvalue weighted by molar-refractivity contribution is -0.129. The molecule has 1 aliphatic carbocycles. The van der Waals surface area contributed by atoms with Crippen molar-refractivity contribution >= 4 is 22.6 Å². The highest BCUT2D eigenvalue weighted by Crippen LogP contribution is 2.32. The molecular weight excluding hydrogens is 358 g/mol. The van der Waals surface area contributed by atoms with Gasteiger partial charge in [-0.25, -0.2) is 0 Å². The van der Waals surface area contributed by atoms with Crippen molar-refractivity contribution in [2.75, 3.05) is 6.54 Å². The first-order valence-corrected chi connectivity index (χ1v) is 9.43. The molecule has 2 aromatic heterocycles. The minimum Gasteiger partial charge on any atom is -0.417 e. The summed E-state index contributed by atoms with van der Waals surface area (Å²) in [5.41, 5.74) is 0.615. The number of likely N-dealkylation sites (tertiary alicyclic amines) is 1. The van der Waals surface area contributed by atoms with E-state index in [-0.39, 0.29) is 30.7 Å². The molecule has 8 heteroatoms. The zero-order valence-electron chi connectivity index (χ0n) is 15.2. The third kappa shape index (κ3) is 3.11. The average Bonchev–Trinajstić information content (AvgIpc) is 3.32. The van der Waals surface area contributed by atoms with Crippen molar-refractivity contribution in [2.24, 2.45) is 5.92 Å². The molecule has 1 atom stereocenters. The summed E-state index contributed by atoms with van der Waals surface area (Å²) in [5, 5.41) is 12.9. The van der Waals surface area contributed by atoms with Crippen LogP contribution in [0.1, 0.15) is 25.2 Å². The summed E-state index contributed by atoms with van der Waals surface area (Å²) in [6.45, 7) is 0.634. The van der Waals surface area contributed by atoms with E-state index in [4.69, 9.17) is 4.42 Å². The number of nitrogens with one attached hydrogen (secondary N) is 1. The lowest BCUT2D eigenvalue weighted by Gasteiger charge is -2.14. The topological polar surface area (TPSA) is 101 Å². The van der Waals surface area contributed by atoms with Crippen LogP contribution in [0.3, 0.4) is 0 Å². The van der Waals surface area contributed by atoms with Crippen molar-refractivity contribution in [1.82, 2.24) is 25.4 Å². The Kier molecular flexibility index (Phi) is 4.03. The first-order chi connectivity index (χ1) is 13.7. The largest absolute Gasteiger partial charge is 0.417 e. The van der Waals surface area contributed by atoms with Crippen molar-refractivity contribution in [2.45, 2.75) is 31.8 Å². The maximum absolute atomic E-state index is 12.4. The number of carbonyl (C=O) groups excluding carboxylic acids is 2. The first kappa shape index (κ1) is 16.9. The van der Waals surface area contributed by atoms with Gasteiger partial charge in [0.25, 0.3) is 5.89 Å². The van der Waals surface area contributed by atoms with E-state index in [2.05, 4.69) is 20.5 Å². The summed E-state index contributed by atoms with van der Waals surface area (Å²) in [5.74, 6) is 0.234. The van der Waals surface area contributed by atoms with E-state index in [9.17, 15) is 9.59 Å². The fourth-order valence-corrected chi connectivity index (χ4v) is 3.66. The molecule has 0 spiro atoms. The van der Waals surface area contributed by atoms with Gasteiger partial charge in [-0.1, -0.05) is 24.3 Å². The summed E-state index contributed by atoms with van der Waals surface area (Å²) >= 11 is 0. The fourth-order valence-electron chi connectivity index (χ4n) is 3.66. The molecule has 28 heavy (non-hydrogen) atoms. The minimum absolute atomic E-state index is 0.0738. The van der Waals surface area contributed by atoms with Gasteiger partial charge in [0.05, 0.1) is 12.5 Å². The van der Waals surface area contributed by atoms with Crippen LogP contribution in [0.15, 0.2) is 40.9 Å². The normalized spacial score (nSPS) is 19.4. The van der Waals surface area contributed by atoms with Crippen LogP contribution in [0.5, 0.6) is 0 Å². The maximum Gasteiger partial charge on any atom is 0.266 e. The zero-order valence-corrected chi connectivity index (χ0v) is 15.2. The molecule has 1 unspecified atom stereocenters. The van der Waals surface area contributed by atoms with Gasteiger partial charge in [-0.15, -0.1) is 10.2 Å². The van der Waals surface area contributed by atoms with E-state index in [0.29, 0.717) is 30.1 Å². The van der Waals surface area contributed by atoms with E-state index >= 15 is 0 Å². The lowest BCUT2D eigenvalue weighted by atomic mass is 10.1. The molecule has 2 fully saturated rings. The third-order valence-corrected chi connectivity index (χ3v) is 5.27. The molecule has 2 aliphatic rings. The van der Waals surface area contributed by atoms with Crippen molar-refractivity contribution in [3.63, 3.8) is 0 Å². The van der Waals surface area contributed by atoms with E-state index in [1.807, 2.05) is 35.2 Å². The quantitative estimate of drug-likeness (QED) is 0.729. The number of benzene rings is 1. The van der Waals surface area contributed by atoms with Gasteiger partial charge in [-0.2, -0.15) is 0 Å². The maximum atomic E-state index is 12.4. The third-order valence-electron chi connectivity index (χ3n) is 5.27. The Morgan fingerprint density at radius 1 is 1.21 bits per heavy atom. The molecule has 1 N–H and O–H groups in total. The van der Waals surface area contributed by atoms with E-state index in [1.165, 1.54) is 0 Å². The second-order valence-electron chi connectivity index (χ2n) is 7.28. The van der Waals surface area contributed by atoms with Crippen molar-refractivity contribution in [3.8, 4) is 11.6 Å². The molecular formula is C20H19N5O3. The predicted octanol–water partition coefficient (Wildman–Crippen LogP) is 1.91. The van der Waals surface area contributed by atoms with Crippen LogP contribution in [-0.2, 0) is 16.1 Å². The molecule has 1 aliphatic heterocycles. The second kappa shape index (κ2) is 6.70. The molecule has 1 saturated carbocycles. The Labute approximate surface area is 160 Å². The van der Waals surface area contributed by atoms with Crippen LogP contribution >= 0.6 is 0 Å².